The average molecular weight is 279 g/mol. The van der Waals surface area contributed by atoms with E-state index in [1.807, 2.05) is 11.6 Å². The number of carbonyl (C=O) groups excluding carboxylic acids is 1. The molecule has 0 radical (unpaired) electrons. The molecule has 6 nitrogen and oxygen atoms in total. The normalized spacial score (nSPS) is 18.9. The number of carbonyl (C=O) groups is 1. The number of hydrogen-bond donors (Lipinski definition) is 0. The zero-order valence-corrected chi connectivity index (χ0v) is 12.1. The van der Waals surface area contributed by atoms with Crippen molar-refractivity contribution in [3.8, 4) is 0 Å². The Bertz CT molecular complexity index is 508. The topological polar surface area (TPSA) is 56.6 Å². The molecule has 2 heterocycles. The van der Waals surface area contributed by atoms with Gasteiger partial charge >= 0.3 is 5.97 Å². The summed E-state index contributed by atoms with van der Waals surface area (Å²) >= 11 is 0. The van der Waals surface area contributed by atoms with Crippen LogP contribution in [-0.2, 0) is 29.5 Å². The largest absolute Gasteiger partial charge is 0.463 e. The highest BCUT2D eigenvalue weighted by molar-refractivity contribution is 5.85. The fourth-order valence-electron chi connectivity index (χ4n) is 2.63. The first-order valence-corrected chi connectivity index (χ1v) is 7.15. The van der Waals surface area contributed by atoms with E-state index in [4.69, 9.17) is 9.47 Å². The first-order chi connectivity index (χ1) is 9.69. The summed E-state index contributed by atoms with van der Waals surface area (Å²) in [7, 11) is 3.27. The van der Waals surface area contributed by atoms with Gasteiger partial charge in [-0.05, 0) is 12.8 Å². The van der Waals surface area contributed by atoms with E-state index in [-0.39, 0.29) is 5.97 Å². The molecule has 6 heteroatoms. The molecule has 0 spiro atoms. The summed E-state index contributed by atoms with van der Waals surface area (Å²) in [5.41, 5.74) is 2.13. The number of fused-ring (bicyclic) bond motifs is 1. The SMILES string of the molecule is COC(=O)c1nc2c(n1C)CCN(CCOC1CC1)C2. The predicted molar refractivity (Wildman–Crippen MR) is 72.5 cm³/mol. The lowest BCUT2D eigenvalue weighted by Crippen LogP contribution is -2.34. The van der Waals surface area contributed by atoms with Gasteiger partial charge in [0.15, 0.2) is 0 Å². The number of hydrogen-bond acceptors (Lipinski definition) is 5. The first-order valence-electron chi connectivity index (χ1n) is 7.15. The van der Waals surface area contributed by atoms with Crippen molar-refractivity contribution in [2.24, 2.45) is 7.05 Å². The number of imidazole rings is 1. The first kappa shape index (κ1) is 13.6. The molecule has 0 bridgehead atoms. The van der Waals surface area contributed by atoms with Gasteiger partial charge in [0, 0.05) is 38.8 Å². The summed E-state index contributed by atoms with van der Waals surface area (Å²) in [4.78, 5) is 18.4. The molecule has 0 atom stereocenters. The van der Waals surface area contributed by atoms with Crippen molar-refractivity contribution < 1.29 is 14.3 Å². The van der Waals surface area contributed by atoms with E-state index in [1.54, 1.807) is 0 Å². The van der Waals surface area contributed by atoms with Gasteiger partial charge in [0.05, 0.1) is 25.5 Å². The van der Waals surface area contributed by atoms with Crippen molar-refractivity contribution in [1.82, 2.24) is 14.5 Å². The zero-order valence-electron chi connectivity index (χ0n) is 12.1. The predicted octanol–water partition coefficient (Wildman–Crippen LogP) is 0.744. The van der Waals surface area contributed by atoms with Gasteiger partial charge < -0.3 is 14.0 Å². The van der Waals surface area contributed by atoms with Gasteiger partial charge in [-0.3, -0.25) is 4.90 Å². The lowest BCUT2D eigenvalue weighted by atomic mass is 10.1. The molecular formula is C14H21N3O3. The molecule has 1 aliphatic carbocycles. The van der Waals surface area contributed by atoms with Gasteiger partial charge in [-0.1, -0.05) is 0 Å². The summed E-state index contributed by atoms with van der Waals surface area (Å²) in [6.07, 6.45) is 3.86. The quantitative estimate of drug-likeness (QED) is 0.744. The maximum absolute atomic E-state index is 11.6. The van der Waals surface area contributed by atoms with Crippen LogP contribution in [0.3, 0.4) is 0 Å². The van der Waals surface area contributed by atoms with Crippen molar-refractivity contribution in [3.63, 3.8) is 0 Å². The molecule has 1 fully saturated rings. The molecular weight excluding hydrogens is 258 g/mol. The second kappa shape index (κ2) is 5.54. The number of nitrogens with zero attached hydrogens (tertiary/aromatic N) is 3. The van der Waals surface area contributed by atoms with Crippen LogP contribution in [-0.4, -0.2) is 53.3 Å². The van der Waals surface area contributed by atoms with Gasteiger partial charge in [-0.2, -0.15) is 0 Å². The summed E-state index contributed by atoms with van der Waals surface area (Å²) in [5.74, 6) is 0.0269. The lowest BCUT2D eigenvalue weighted by molar-refractivity contribution is 0.0582. The molecule has 110 valence electrons. The number of aromatic nitrogens is 2. The van der Waals surface area contributed by atoms with Gasteiger partial charge in [0.25, 0.3) is 0 Å². The minimum Gasteiger partial charge on any atom is -0.463 e. The van der Waals surface area contributed by atoms with Crippen LogP contribution < -0.4 is 0 Å². The number of rotatable bonds is 5. The van der Waals surface area contributed by atoms with E-state index in [0.717, 1.165) is 44.0 Å². The van der Waals surface area contributed by atoms with E-state index in [9.17, 15) is 4.79 Å². The van der Waals surface area contributed by atoms with Crippen molar-refractivity contribution in [1.29, 1.82) is 0 Å². The zero-order chi connectivity index (χ0) is 14.1. The lowest BCUT2D eigenvalue weighted by Gasteiger charge is -2.26. The van der Waals surface area contributed by atoms with Crippen LogP contribution >= 0.6 is 0 Å². The summed E-state index contributed by atoms with van der Waals surface area (Å²) < 4.78 is 12.3. The highest BCUT2D eigenvalue weighted by Crippen LogP contribution is 2.24. The molecule has 1 aromatic rings. The third-order valence-electron chi connectivity index (χ3n) is 3.99. The Morgan fingerprint density at radius 3 is 2.95 bits per heavy atom. The maximum atomic E-state index is 11.6. The molecule has 0 amide bonds. The fourth-order valence-corrected chi connectivity index (χ4v) is 2.63. The Labute approximate surface area is 118 Å². The van der Waals surface area contributed by atoms with E-state index < -0.39 is 0 Å². The van der Waals surface area contributed by atoms with Crippen molar-refractivity contribution in [3.05, 3.63) is 17.2 Å². The maximum Gasteiger partial charge on any atom is 0.374 e. The van der Waals surface area contributed by atoms with Crippen LogP contribution in [0.1, 0.15) is 34.8 Å². The van der Waals surface area contributed by atoms with Crippen molar-refractivity contribution in [2.75, 3.05) is 26.8 Å². The van der Waals surface area contributed by atoms with Crippen LogP contribution in [0.25, 0.3) is 0 Å². The van der Waals surface area contributed by atoms with Gasteiger partial charge in [-0.25, -0.2) is 9.78 Å². The fraction of sp³-hybridized carbons (Fsp3) is 0.714. The Morgan fingerprint density at radius 1 is 1.45 bits per heavy atom. The summed E-state index contributed by atoms with van der Waals surface area (Å²) in [6, 6.07) is 0. The van der Waals surface area contributed by atoms with Crippen molar-refractivity contribution >= 4 is 5.97 Å². The molecule has 20 heavy (non-hydrogen) atoms. The van der Waals surface area contributed by atoms with Crippen LogP contribution in [0.5, 0.6) is 0 Å². The van der Waals surface area contributed by atoms with E-state index in [2.05, 4.69) is 9.88 Å². The van der Waals surface area contributed by atoms with E-state index >= 15 is 0 Å². The molecule has 0 saturated heterocycles. The third kappa shape index (κ3) is 2.71. The molecule has 1 aromatic heterocycles. The van der Waals surface area contributed by atoms with E-state index in [0.29, 0.717) is 11.9 Å². The number of methoxy groups -OCH3 is 1. The second-order valence-electron chi connectivity index (χ2n) is 5.48. The number of esters is 1. The Kier molecular flexibility index (Phi) is 3.76. The van der Waals surface area contributed by atoms with Crippen molar-refractivity contribution in [2.45, 2.75) is 31.9 Å². The Balaban J connectivity index is 1.63. The van der Waals surface area contributed by atoms with Gasteiger partial charge in [-0.15, -0.1) is 0 Å². The van der Waals surface area contributed by atoms with Gasteiger partial charge in [0.1, 0.15) is 0 Å². The molecule has 2 aliphatic rings. The monoisotopic (exact) mass is 279 g/mol. The smallest absolute Gasteiger partial charge is 0.374 e. The minimum absolute atomic E-state index is 0.370. The molecule has 0 aromatic carbocycles. The molecule has 0 N–H and O–H groups in total. The summed E-state index contributed by atoms with van der Waals surface area (Å²) in [6.45, 7) is 3.49. The Hall–Kier alpha value is -1.40. The highest BCUT2D eigenvalue weighted by atomic mass is 16.5. The average Bonchev–Trinajstić information content (AvgIpc) is 3.22. The van der Waals surface area contributed by atoms with E-state index in [1.165, 1.54) is 20.0 Å². The van der Waals surface area contributed by atoms with Gasteiger partial charge in [0.2, 0.25) is 5.82 Å². The Morgan fingerprint density at radius 2 is 2.25 bits per heavy atom. The van der Waals surface area contributed by atoms with Crippen LogP contribution in [0.4, 0.5) is 0 Å². The number of ether oxygens (including phenoxy) is 2. The van der Waals surface area contributed by atoms with Crippen LogP contribution in [0.2, 0.25) is 0 Å². The second-order valence-corrected chi connectivity index (χ2v) is 5.48. The molecule has 3 rings (SSSR count). The molecule has 1 saturated carbocycles. The summed E-state index contributed by atoms with van der Waals surface area (Å²) in [5, 5.41) is 0. The minimum atomic E-state index is -0.370. The van der Waals surface area contributed by atoms with Crippen LogP contribution in [0.15, 0.2) is 0 Å². The standard InChI is InChI=1S/C14H21N3O3/c1-16-12-5-6-17(7-8-20-10-3-4-10)9-11(12)15-13(16)14(18)19-2/h10H,3-9H2,1-2H3. The third-order valence-corrected chi connectivity index (χ3v) is 3.99. The highest BCUT2D eigenvalue weighted by Gasteiger charge is 2.26. The molecule has 1 aliphatic heterocycles. The molecule has 0 unspecified atom stereocenters. The van der Waals surface area contributed by atoms with Crippen LogP contribution in [0, 0.1) is 0 Å².